The van der Waals surface area contributed by atoms with Gasteiger partial charge < -0.3 is 8.98 Å². The lowest BCUT2D eigenvalue weighted by atomic mass is 9.99. The highest BCUT2D eigenvalue weighted by atomic mass is 32.1. The van der Waals surface area contributed by atoms with E-state index in [0.29, 0.717) is 0 Å². The third-order valence-electron chi connectivity index (χ3n) is 13.6. The smallest absolute Gasteiger partial charge is 0.143 e. The lowest BCUT2D eigenvalue weighted by molar-refractivity contribution is 0.670. The molecule has 2 nitrogen and oxygen atoms in total. The Balaban J connectivity index is 0.000000112. The molecule has 0 atom stereocenters. The first-order chi connectivity index (χ1) is 34.4. The average molecular weight is 916 g/mol. The predicted octanol–water partition coefficient (Wildman–Crippen LogP) is 19.5. The molecule has 0 aliphatic rings. The number of rotatable bonds is 4. The standard InChI is InChI=1S/C29H21N.C19H14O.C19H14S/c1-20-11-13-21(14-12-20)23-16-17-27-26(19-23)29-25-10-6-5-7-22(25)15-18-28(29)30(27)24-8-3-2-4-9-24;2*1-13-9-11-14(12-10-13)15-6-4-7-17-16-5-2-3-8-18(16)20-19(15)17/h2-19H,1H3;2*2-12H,1H3. The Kier molecular flexibility index (Phi) is 11.1. The molecular weight excluding hydrogens is 867 g/mol. The molecule has 334 valence electrons. The van der Waals surface area contributed by atoms with E-state index in [4.69, 9.17) is 4.42 Å². The molecule has 0 aliphatic carbocycles. The van der Waals surface area contributed by atoms with Crippen molar-refractivity contribution in [3.05, 3.63) is 259 Å². The second-order valence-electron chi connectivity index (χ2n) is 18.2. The van der Waals surface area contributed by atoms with Crippen LogP contribution in [0.3, 0.4) is 0 Å². The summed E-state index contributed by atoms with van der Waals surface area (Å²) in [6.45, 7) is 6.36. The summed E-state index contributed by atoms with van der Waals surface area (Å²) >= 11 is 1.89. The van der Waals surface area contributed by atoms with Crippen LogP contribution in [0.15, 0.2) is 247 Å². The van der Waals surface area contributed by atoms with Crippen molar-refractivity contribution < 1.29 is 4.42 Å². The first kappa shape index (κ1) is 42.8. The molecule has 0 aliphatic heterocycles. The summed E-state index contributed by atoms with van der Waals surface area (Å²) in [5.74, 6) is 0. The summed E-state index contributed by atoms with van der Waals surface area (Å²) in [7, 11) is 0. The maximum atomic E-state index is 6.07. The minimum Gasteiger partial charge on any atom is -0.455 e. The maximum absolute atomic E-state index is 6.07. The molecule has 0 amide bonds. The molecule has 0 saturated heterocycles. The summed E-state index contributed by atoms with van der Waals surface area (Å²) in [5, 5.41) is 10.3. The number of benzene rings is 11. The topological polar surface area (TPSA) is 18.1 Å². The second kappa shape index (κ2) is 18.2. The third kappa shape index (κ3) is 7.90. The van der Waals surface area contributed by atoms with Crippen LogP contribution in [0, 0.1) is 20.8 Å². The van der Waals surface area contributed by atoms with Crippen molar-refractivity contribution in [2.75, 3.05) is 0 Å². The fraction of sp³-hybridized carbons (Fsp3) is 0.0448. The molecule has 0 saturated carbocycles. The van der Waals surface area contributed by atoms with Gasteiger partial charge in [0.05, 0.1) is 11.0 Å². The Morgan fingerprint density at radius 1 is 0.357 bits per heavy atom. The molecule has 70 heavy (non-hydrogen) atoms. The number of aryl methyl sites for hydroxylation is 3. The van der Waals surface area contributed by atoms with Gasteiger partial charge in [0.15, 0.2) is 0 Å². The van der Waals surface area contributed by atoms with E-state index in [1.54, 1.807) is 0 Å². The Morgan fingerprint density at radius 3 is 1.63 bits per heavy atom. The van der Waals surface area contributed by atoms with Crippen molar-refractivity contribution in [1.82, 2.24) is 4.57 Å². The van der Waals surface area contributed by atoms with E-state index < -0.39 is 0 Å². The Bertz CT molecular complexity index is 4020. The SMILES string of the molecule is Cc1ccc(-c2ccc3c(c2)c2c4ccccc4ccc2n3-c2ccccc2)cc1.Cc1ccc(-c2cccc3c2oc2ccccc23)cc1.Cc1ccc(-c2cccc3c2sc2ccccc23)cc1. The fourth-order valence-corrected chi connectivity index (χ4v) is 11.2. The van der Waals surface area contributed by atoms with Crippen molar-refractivity contribution in [1.29, 1.82) is 0 Å². The lowest BCUT2D eigenvalue weighted by Crippen LogP contribution is -1.93. The number of para-hydroxylation sites is 3. The summed E-state index contributed by atoms with van der Waals surface area (Å²) in [4.78, 5) is 0. The summed E-state index contributed by atoms with van der Waals surface area (Å²) in [6, 6.07) is 86.7. The van der Waals surface area contributed by atoms with Gasteiger partial charge in [-0.25, -0.2) is 0 Å². The summed E-state index contributed by atoms with van der Waals surface area (Å²) in [6.07, 6.45) is 0. The molecular formula is C67H49NOS. The van der Waals surface area contributed by atoms with Gasteiger partial charge in [-0.1, -0.05) is 217 Å². The third-order valence-corrected chi connectivity index (χ3v) is 14.8. The maximum Gasteiger partial charge on any atom is 0.143 e. The van der Waals surface area contributed by atoms with Crippen LogP contribution < -0.4 is 0 Å². The van der Waals surface area contributed by atoms with Gasteiger partial charge in [0.1, 0.15) is 11.2 Å². The largest absolute Gasteiger partial charge is 0.455 e. The van der Waals surface area contributed by atoms with E-state index in [0.717, 1.165) is 16.7 Å². The average Bonchev–Trinajstić information content (AvgIpc) is 4.10. The van der Waals surface area contributed by atoms with Crippen molar-refractivity contribution in [3.63, 3.8) is 0 Å². The van der Waals surface area contributed by atoms with E-state index in [-0.39, 0.29) is 0 Å². The molecule has 0 unspecified atom stereocenters. The van der Waals surface area contributed by atoms with E-state index in [1.165, 1.54) is 114 Å². The molecule has 0 bridgehead atoms. The molecule has 11 aromatic carbocycles. The van der Waals surface area contributed by atoms with Crippen LogP contribution in [-0.2, 0) is 0 Å². The van der Waals surface area contributed by atoms with Gasteiger partial charge in [-0.05, 0) is 102 Å². The molecule has 3 heteroatoms. The second-order valence-corrected chi connectivity index (χ2v) is 19.3. The van der Waals surface area contributed by atoms with Crippen LogP contribution in [0.2, 0.25) is 0 Å². The van der Waals surface area contributed by atoms with Gasteiger partial charge in [-0.15, -0.1) is 11.3 Å². The number of hydrogen-bond donors (Lipinski definition) is 0. The van der Waals surface area contributed by atoms with Crippen LogP contribution in [0.5, 0.6) is 0 Å². The van der Waals surface area contributed by atoms with Crippen LogP contribution in [0.1, 0.15) is 16.7 Å². The van der Waals surface area contributed by atoms with Gasteiger partial charge in [-0.3, -0.25) is 0 Å². The van der Waals surface area contributed by atoms with Crippen LogP contribution in [0.4, 0.5) is 0 Å². The number of fused-ring (bicyclic) bond motifs is 11. The fourth-order valence-electron chi connectivity index (χ4n) is 9.99. The van der Waals surface area contributed by atoms with E-state index in [2.05, 4.69) is 256 Å². The van der Waals surface area contributed by atoms with Crippen LogP contribution in [0.25, 0.3) is 114 Å². The van der Waals surface area contributed by atoms with Crippen molar-refractivity contribution in [2.45, 2.75) is 20.8 Å². The van der Waals surface area contributed by atoms with Crippen LogP contribution in [-0.4, -0.2) is 4.57 Å². The zero-order valence-electron chi connectivity index (χ0n) is 39.4. The van der Waals surface area contributed by atoms with E-state index in [9.17, 15) is 0 Å². The molecule has 0 fully saturated rings. The Hall–Kier alpha value is -8.50. The number of aromatic nitrogens is 1. The van der Waals surface area contributed by atoms with Crippen LogP contribution >= 0.6 is 11.3 Å². The number of nitrogens with zero attached hydrogens (tertiary/aromatic N) is 1. The van der Waals surface area contributed by atoms with Gasteiger partial charge in [0.25, 0.3) is 0 Å². The van der Waals surface area contributed by atoms with Crippen molar-refractivity contribution >= 4 is 86.0 Å². The highest BCUT2D eigenvalue weighted by Gasteiger charge is 2.16. The summed E-state index contributed by atoms with van der Waals surface area (Å²) in [5.41, 5.74) is 16.9. The minimum absolute atomic E-state index is 0.946. The lowest BCUT2D eigenvalue weighted by Gasteiger charge is -2.08. The number of hydrogen-bond acceptors (Lipinski definition) is 2. The Morgan fingerprint density at radius 2 is 0.900 bits per heavy atom. The first-order valence-electron chi connectivity index (χ1n) is 24.0. The van der Waals surface area contributed by atoms with E-state index >= 15 is 0 Å². The number of furan rings is 1. The molecule has 0 N–H and O–H groups in total. The predicted molar refractivity (Wildman–Crippen MR) is 302 cm³/mol. The molecule has 0 spiro atoms. The zero-order valence-corrected chi connectivity index (χ0v) is 40.2. The quantitative estimate of drug-likeness (QED) is 0.172. The van der Waals surface area contributed by atoms with E-state index in [1.807, 2.05) is 23.5 Å². The zero-order chi connectivity index (χ0) is 47.1. The van der Waals surface area contributed by atoms with Gasteiger partial charge >= 0.3 is 0 Å². The molecule has 14 aromatic rings. The first-order valence-corrected chi connectivity index (χ1v) is 24.8. The minimum atomic E-state index is 0.946. The van der Waals surface area contributed by atoms with Crippen molar-refractivity contribution in [3.8, 4) is 39.1 Å². The highest BCUT2D eigenvalue weighted by molar-refractivity contribution is 7.26. The Labute approximate surface area is 412 Å². The van der Waals surface area contributed by atoms with Gasteiger partial charge in [0, 0.05) is 53.0 Å². The number of thiophene rings is 1. The highest BCUT2D eigenvalue weighted by Crippen LogP contribution is 2.41. The van der Waals surface area contributed by atoms with Gasteiger partial charge in [-0.2, -0.15) is 0 Å². The molecule has 0 radical (unpaired) electrons. The molecule has 3 heterocycles. The molecule has 3 aromatic heterocycles. The summed E-state index contributed by atoms with van der Waals surface area (Å²) < 4.78 is 11.2. The van der Waals surface area contributed by atoms with Gasteiger partial charge in [0.2, 0.25) is 0 Å². The normalized spacial score (nSPS) is 11.4. The molecule has 14 rings (SSSR count). The monoisotopic (exact) mass is 915 g/mol. The van der Waals surface area contributed by atoms with Crippen molar-refractivity contribution in [2.24, 2.45) is 0 Å².